The highest BCUT2D eigenvalue weighted by Crippen LogP contribution is 2.18. The van der Waals surface area contributed by atoms with Crippen molar-refractivity contribution in [2.24, 2.45) is 10.2 Å². The first-order valence-electron chi connectivity index (χ1n) is 8.81. The van der Waals surface area contributed by atoms with Gasteiger partial charge in [-0.05, 0) is 43.7 Å². The van der Waals surface area contributed by atoms with E-state index in [1.54, 1.807) is 32.2 Å². The lowest BCUT2D eigenvalue weighted by atomic mass is 10.2. The molecule has 150 valence electrons. The molecule has 0 amide bonds. The van der Waals surface area contributed by atoms with Crippen LogP contribution in [0.25, 0.3) is 0 Å². The summed E-state index contributed by atoms with van der Waals surface area (Å²) in [5.41, 5.74) is 2.50. The number of sulfonamides is 1. The minimum absolute atomic E-state index is 0.0519. The van der Waals surface area contributed by atoms with Crippen molar-refractivity contribution < 1.29 is 13.2 Å². The molecule has 9 heteroatoms. The van der Waals surface area contributed by atoms with E-state index >= 15 is 0 Å². The van der Waals surface area contributed by atoms with Crippen molar-refractivity contribution in [1.29, 1.82) is 0 Å². The second-order valence-corrected chi connectivity index (χ2v) is 8.04. The Kier molecular flexibility index (Phi) is 6.18. The van der Waals surface area contributed by atoms with Gasteiger partial charge >= 0.3 is 0 Å². The number of benzene rings is 2. The van der Waals surface area contributed by atoms with Gasteiger partial charge in [0, 0.05) is 11.8 Å². The highest BCUT2D eigenvalue weighted by molar-refractivity contribution is 7.92. The van der Waals surface area contributed by atoms with Crippen LogP contribution in [0, 0.1) is 13.8 Å². The number of nitrogens with one attached hydrogen (secondary N) is 1. The predicted molar refractivity (Wildman–Crippen MR) is 110 cm³/mol. The molecule has 3 rings (SSSR count). The fourth-order valence-corrected chi connectivity index (χ4v) is 3.41. The second-order valence-electron chi connectivity index (χ2n) is 6.36. The maximum atomic E-state index is 12.5. The lowest BCUT2D eigenvalue weighted by molar-refractivity contribution is 0.414. The van der Waals surface area contributed by atoms with Crippen molar-refractivity contribution in [3.8, 4) is 5.75 Å². The molecule has 0 fully saturated rings. The quantitative estimate of drug-likeness (QED) is 0.587. The average Bonchev–Trinajstić information content (AvgIpc) is 2.68. The first kappa shape index (κ1) is 20.4. The van der Waals surface area contributed by atoms with Crippen molar-refractivity contribution in [1.82, 2.24) is 9.97 Å². The molecule has 2 aromatic carbocycles. The highest BCUT2D eigenvalue weighted by Gasteiger charge is 2.16. The molecule has 0 atom stereocenters. The number of azo groups is 1. The Balaban J connectivity index is 1.74. The van der Waals surface area contributed by atoms with Crippen LogP contribution < -0.4 is 9.46 Å². The van der Waals surface area contributed by atoms with Gasteiger partial charge in [0.25, 0.3) is 10.0 Å². The van der Waals surface area contributed by atoms with E-state index in [4.69, 9.17) is 4.74 Å². The first-order valence-corrected chi connectivity index (χ1v) is 10.3. The zero-order valence-electron chi connectivity index (χ0n) is 16.3. The van der Waals surface area contributed by atoms with Crippen molar-refractivity contribution in [3.63, 3.8) is 0 Å². The Bertz CT molecular complexity index is 1110. The van der Waals surface area contributed by atoms with E-state index < -0.39 is 10.0 Å². The number of anilines is 1. The van der Waals surface area contributed by atoms with Crippen molar-refractivity contribution >= 4 is 21.8 Å². The summed E-state index contributed by atoms with van der Waals surface area (Å²) in [6.45, 7) is 3.97. The third-order valence-electron chi connectivity index (χ3n) is 3.98. The molecule has 0 aliphatic carbocycles. The molecule has 1 heterocycles. The topological polar surface area (TPSA) is 106 Å². The lowest BCUT2D eigenvalue weighted by Gasteiger charge is -2.08. The number of rotatable bonds is 7. The number of aryl methyl sites for hydroxylation is 2. The van der Waals surface area contributed by atoms with E-state index in [0.717, 1.165) is 16.9 Å². The predicted octanol–water partition coefficient (Wildman–Crippen LogP) is 4.19. The molecule has 0 bridgehead atoms. The summed E-state index contributed by atoms with van der Waals surface area (Å²) in [6, 6.07) is 15.6. The largest absolute Gasteiger partial charge is 0.497 e. The van der Waals surface area contributed by atoms with Gasteiger partial charge in [-0.1, -0.05) is 29.8 Å². The Hall–Kier alpha value is -3.33. The number of nitrogens with zero attached hydrogens (tertiary/aromatic N) is 4. The average molecular weight is 411 g/mol. The summed E-state index contributed by atoms with van der Waals surface area (Å²) in [5.74, 6) is 0.985. The van der Waals surface area contributed by atoms with Crippen molar-refractivity contribution in [2.45, 2.75) is 25.3 Å². The summed E-state index contributed by atoms with van der Waals surface area (Å²) >= 11 is 0. The van der Waals surface area contributed by atoms with Gasteiger partial charge in [0.05, 0.1) is 18.6 Å². The van der Waals surface area contributed by atoms with Crippen LogP contribution in [0.2, 0.25) is 0 Å². The van der Waals surface area contributed by atoms with Gasteiger partial charge in [0.15, 0.2) is 5.82 Å². The van der Waals surface area contributed by atoms with Gasteiger partial charge in [-0.25, -0.2) is 18.1 Å². The van der Waals surface area contributed by atoms with E-state index in [0.29, 0.717) is 12.2 Å². The van der Waals surface area contributed by atoms with Crippen LogP contribution in [0.4, 0.5) is 11.8 Å². The fraction of sp³-hybridized carbons (Fsp3) is 0.200. The number of ether oxygens (including phenoxy) is 1. The van der Waals surface area contributed by atoms with Crippen LogP contribution >= 0.6 is 0 Å². The second kappa shape index (κ2) is 8.78. The molecule has 0 aliphatic rings. The molecule has 1 aromatic heterocycles. The normalized spacial score (nSPS) is 11.6. The molecule has 8 nitrogen and oxygen atoms in total. The molecular weight excluding hydrogens is 390 g/mol. The Morgan fingerprint density at radius 2 is 1.69 bits per heavy atom. The molecule has 1 N–H and O–H groups in total. The van der Waals surface area contributed by atoms with Crippen LogP contribution in [0.15, 0.2) is 69.7 Å². The molecule has 0 aliphatic heterocycles. The molecule has 0 saturated carbocycles. The number of hydrogen-bond donors (Lipinski definition) is 1. The van der Waals surface area contributed by atoms with E-state index in [1.807, 2.05) is 31.2 Å². The van der Waals surface area contributed by atoms with Crippen LogP contribution in [0.3, 0.4) is 0 Å². The Labute approximate surface area is 169 Å². The summed E-state index contributed by atoms with van der Waals surface area (Å²) in [6.07, 6.45) is 0. The minimum Gasteiger partial charge on any atom is -0.497 e. The summed E-state index contributed by atoms with van der Waals surface area (Å²) < 4.78 is 32.6. The van der Waals surface area contributed by atoms with E-state index in [2.05, 4.69) is 24.9 Å². The van der Waals surface area contributed by atoms with Crippen LogP contribution in [0.5, 0.6) is 5.75 Å². The van der Waals surface area contributed by atoms with E-state index in [1.165, 1.54) is 12.1 Å². The van der Waals surface area contributed by atoms with Crippen LogP contribution in [-0.2, 0) is 16.6 Å². The maximum Gasteiger partial charge on any atom is 0.264 e. The van der Waals surface area contributed by atoms with Gasteiger partial charge in [0.1, 0.15) is 5.75 Å². The SMILES string of the molecule is COc1ccc(CN=Nc2cc(C)nc(NS(=O)(=O)c3ccc(C)cc3)n2)cc1. The summed E-state index contributed by atoms with van der Waals surface area (Å²) in [7, 11) is -2.18. The number of aromatic nitrogens is 2. The highest BCUT2D eigenvalue weighted by atomic mass is 32.2. The van der Waals surface area contributed by atoms with Gasteiger partial charge in [-0.2, -0.15) is 10.1 Å². The summed E-state index contributed by atoms with van der Waals surface area (Å²) in [4.78, 5) is 8.40. The van der Waals surface area contributed by atoms with Crippen LogP contribution in [-0.4, -0.2) is 25.5 Å². The first-order chi connectivity index (χ1) is 13.9. The van der Waals surface area contributed by atoms with E-state index in [-0.39, 0.29) is 16.7 Å². The zero-order valence-corrected chi connectivity index (χ0v) is 17.1. The molecule has 0 unspecified atom stereocenters. The van der Waals surface area contributed by atoms with Crippen molar-refractivity contribution in [3.05, 3.63) is 71.4 Å². The van der Waals surface area contributed by atoms with Crippen LogP contribution in [0.1, 0.15) is 16.8 Å². The third kappa shape index (κ3) is 5.58. The van der Waals surface area contributed by atoms with Gasteiger partial charge < -0.3 is 4.74 Å². The number of hydrogen-bond acceptors (Lipinski definition) is 7. The zero-order chi connectivity index (χ0) is 20.9. The Morgan fingerprint density at radius 3 is 2.34 bits per heavy atom. The lowest BCUT2D eigenvalue weighted by Crippen LogP contribution is -2.15. The standard InChI is InChI=1S/C20H21N5O3S/c1-14-4-10-18(11-5-14)29(26,27)25-20-22-15(2)12-19(23-20)24-21-13-16-6-8-17(28-3)9-7-16/h4-12H,13H2,1-3H3,(H,22,23,25). The molecule has 3 aromatic rings. The minimum atomic E-state index is -3.79. The molecule has 0 radical (unpaired) electrons. The number of methoxy groups -OCH3 is 1. The van der Waals surface area contributed by atoms with Crippen molar-refractivity contribution in [2.75, 3.05) is 11.8 Å². The van der Waals surface area contributed by atoms with Gasteiger partial charge in [-0.3, -0.25) is 0 Å². The smallest absolute Gasteiger partial charge is 0.264 e. The third-order valence-corrected chi connectivity index (χ3v) is 5.33. The van der Waals surface area contributed by atoms with Gasteiger partial charge in [-0.15, -0.1) is 5.11 Å². The molecule has 0 saturated heterocycles. The summed E-state index contributed by atoms with van der Waals surface area (Å²) in [5, 5.41) is 8.22. The molecule has 0 spiro atoms. The molecular formula is C20H21N5O3S. The fourth-order valence-electron chi connectivity index (χ4n) is 2.47. The Morgan fingerprint density at radius 1 is 1.00 bits per heavy atom. The monoisotopic (exact) mass is 411 g/mol. The molecule has 29 heavy (non-hydrogen) atoms. The van der Waals surface area contributed by atoms with Gasteiger partial charge in [0.2, 0.25) is 5.95 Å². The maximum absolute atomic E-state index is 12.5. The van der Waals surface area contributed by atoms with E-state index in [9.17, 15) is 8.42 Å².